The van der Waals surface area contributed by atoms with E-state index in [0.29, 0.717) is 31.0 Å². The minimum atomic E-state index is 0.168. The van der Waals surface area contributed by atoms with Crippen LogP contribution in [0.2, 0.25) is 0 Å². The summed E-state index contributed by atoms with van der Waals surface area (Å²) in [6, 6.07) is 2.20. The summed E-state index contributed by atoms with van der Waals surface area (Å²) in [5.74, 6) is 1.06. The summed E-state index contributed by atoms with van der Waals surface area (Å²) in [5.41, 5.74) is 0. The first-order chi connectivity index (χ1) is 8.78. The Kier molecular flexibility index (Phi) is 4.72. The van der Waals surface area contributed by atoms with Crippen molar-refractivity contribution in [3.05, 3.63) is 12.4 Å². The number of hydrogen-bond acceptors (Lipinski definition) is 6. The van der Waals surface area contributed by atoms with Crippen LogP contribution >= 0.6 is 0 Å². The maximum Gasteiger partial charge on any atom is 0.220 e. The molecule has 100 valence electrons. The van der Waals surface area contributed by atoms with Gasteiger partial charge in [0.05, 0.1) is 12.7 Å². The molecule has 1 N–H and O–H groups in total. The molecule has 18 heavy (non-hydrogen) atoms. The Labute approximate surface area is 107 Å². The molecule has 0 spiro atoms. The third kappa shape index (κ3) is 3.82. The molecule has 0 aliphatic carbocycles. The van der Waals surface area contributed by atoms with E-state index in [4.69, 9.17) is 14.2 Å². The second kappa shape index (κ2) is 6.51. The molecule has 2 heterocycles. The van der Waals surface area contributed by atoms with Crippen LogP contribution in [-0.4, -0.2) is 49.0 Å². The Balaban J connectivity index is 1.86. The normalized spacial score (nSPS) is 23.0. The molecule has 0 saturated carbocycles. The van der Waals surface area contributed by atoms with Crippen molar-refractivity contribution in [1.29, 1.82) is 0 Å². The molecule has 1 aliphatic heterocycles. The van der Waals surface area contributed by atoms with Crippen molar-refractivity contribution in [2.24, 2.45) is 0 Å². The molecule has 1 fully saturated rings. The fourth-order valence-corrected chi connectivity index (χ4v) is 1.85. The fourth-order valence-electron chi connectivity index (χ4n) is 1.85. The highest BCUT2D eigenvalue weighted by atomic mass is 16.5. The van der Waals surface area contributed by atoms with Crippen molar-refractivity contribution in [1.82, 2.24) is 15.3 Å². The topological polar surface area (TPSA) is 65.5 Å². The molecule has 0 radical (unpaired) electrons. The van der Waals surface area contributed by atoms with Crippen molar-refractivity contribution in [2.45, 2.75) is 25.5 Å². The number of aromatic nitrogens is 2. The van der Waals surface area contributed by atoms with E-state index in [2.05, 4.69) is 22.2 Å². The summed E-state index contributed by atoms with van der Waals surface area (Å²) in [5, 5.41) is 3.33. The zero-order chi connectivity index (χ0) is 12.8. The van der Waals surface area contributed by atoms with Crippen LogP contribution in [0, 0.1) is 0 Å². The quantitative estimate of drug-likeness (QED) is 0.750. The highest BCUT2D eigenvalue weighted by Gasteiger charge is 2.22. The number of hydrogen-bond donors (Lipinski definition) is 1. The zero-order valence-electron chi connectivity index (χ0n) is 10.8. The van der Waals surface area contributed by atoms with Crippen molar-refractivity contribution < 1.29 is 14.2 Å². The van der Waals surface area contributed by atoms with E-state index in [1.54, 1.807) is 13.2 Å². The Morgan fingerprint density at radius 2 is 2.17 bits per heavy atom. The molecular weight excluding hydrogens is 234 g/mol. The Hall–Kier alpha value is -1.40. The first-order valence-electron chi connectivity index (χ1n) is 6.11. The summed E-state index contributed by atoms with van der Waals surface area (Å²) >= 11 is 0. The van der Waals surface area contributed by atoms with Gasteiger partial charge in [-0.2, -0.15) is 0 Å². The van der Waals surface area contributed by atoms with E-state index in [1.807, 2.05) is 0 Å². The minimum Gasteiger partial charge on any atom is -0.475 e. The molecule has 6 heteroatoms. The van der Waals surface area contributed by atoms with Gasteiger partial charge in [0.2, 0.25) is 11.8 Å². The van der Waals surface area contributed by atoms with Crippen LogP contribution in [0.5, 0.6) is 11.8 Å². The molecule has 1 aliphatic rings. The predicted molar refractivity (Wildman–Crippen MR) is 65.9 cm³/mol. The second-order valence-electron chi connectivity index (χ2n) is 4.32. The van der Waals surface area contributed by atoms with Gasteiger partial charge in [-0.3, -0.25) is 0 Å². The van der Waals surface area contributed by atoms with Gasteiger partial charge in [0.15, 0.2) is 0 Å². The van der Waals surface area contributed by atoms with Crippen LogP contribution in [0.1, 0.15) is 13.3 Å². The number of methoxy groups -OCH3 is 1. The minimum absolute atomic E-state index is 0.168. The molecule has 2 unspecified atom stereocenters. The van der Waals surface area contributed by atoms with Gasteiger partial charge in [-0.05, 0) is 6.92 Å². The monoisotopic (exact) mass is 253 g/mol. The van der Waals surface area contributed by atoms with Crippen LogP contribution in [0.25, 0.3) is 0 Å². The molecule has 0 aromatic carbocycles. The number of nitrogens with one attached hydrogen (secondary N) is 1. The summed E-state index contributed by atoms with van der Waals surface area (Å²) in [7, 11) is 1.63. The van der Waals surface area contributed by atoms with Gasteiger partial charge in [-0.1, -0.05) is 0 Å². The molecular formula is C12H19N3O3. The molecule has 1 aromatic heterocycles. The van der Waals surface area contributed by atoms with Gasteiger partial charge in [0, 0.05) is 26.1 Å². The van der Waals surface area contributed by atoms with Gasteiger partial charge >= 0.3 is 0 Å². The highest BCUT2D eigenvalue weighted by Crippen LogP contribution is 2.17. The maximum atomic E-state index is 5.77. The molecule has 1 aromatic rings. The summed E-state index contributed by atoms with van der Waals surface area (Å²) in [6.07, 6.45) is 2.61. The summed E-state index contributed by atoms with van der Waals surface area (Å²) < 4.78 is 16.1. The lowest BCUT2D eigenvalue weighted by Crippen LogP contribution is -2.21. The first kappa shape index (κ1) is 13.0. The van der Waals surface area contributed by atoms with Gasteiger partial charge in [0.1, 0.15) is 19.0 Å². The van der Waals surface area contributed by atoms with Gasteiger partial charge < -0.3 is 19.5 Å². The smallest absolute Gasteiger partial charge is 0.220 e. The number of nitrogens with zero attached hydrogens (tertiary/aromatic N) is 2. The number of ether oxygens (including phenoxy) is 3. The highest BCUT2D eigenvalue weighted by molar-refractivity contribution is 5.18. The molecule has 1 saturated heterocycles. The van der Waals surface area contributed by atoms with Crippen LogP contribution in [0.4, 0.5) is 0 Å². The SMILES string of the molecule is COCCOc1cc(OC2CNC(C)C2)ncn1. The van der Waals surface area contributed by atoms with Crippen LogP contribution < -0.4 is 14.8 Å². The molecule has 2 atom stereocenters. The number of rotatable bonds is 6. The standard InChI is InChI=1S/C12H19N3O3/c1-9-5-10(7-13-9)18-12-6-11(14-8-15-12)17-4-3-16-2/h6,8-10,13H,3-5,7H2,1-2H3. The van der Waals surface area contributed by atoms with Crippen molar-refractivity contribution in [3.8, 4) is 11.8 Å². The Morgan fingerprint density at radius 1 is 1.33 bits per heavy atom. The van der Waals surface area contributed by atoms with E-state index in [9.17, 15) is 0 Å². The van der Waals surface area contributed by atoms with E-state index in [0.717, 1.165) is 13.0 Å². The average molecular weight is 253 g/mol. The van der Waals surface area contributed by atoms with E-state index >= 15 is 0 Å². The second-order valence-corrected chi connectivity index (χ2v) is 4.32. The van der Waals surface area contributed by atoms with Crippen LogP contribution in [0.15, 0.2) is 12.4 Å². The lowest BCUT2D eigenvalue weighted by atomic mass is 10.2. The maximum absolute atomic E-state index is 5.77. The van der Waals surface area contributed by atoms with E-state index in [-0.39, 0.29) is 6.10 Å². The average Bonchev–Trinajstić information content (AvgIpc) is 2.76. The lowest BCUT2D eigenvalue weighted by Gasteiger charge is -2.12. The lowest BCUT2D eigenvalue weighted by molar-refractivity contribution is 0.142. The van der Waals surface area contributed by atoms with Gasteiger partial charge in [0.25, 0.3) is 0 Å². The van der Waals surface area contributed by atoms with Crippen molar-refractivity contribution >= 4 is 0 Å². The van der Waals surface area contributed by atoms with Gasteiger partial charge in [-0.25, -0.2) is 9.97 Å². The Bertz CT molecular complexity index is 375. The summed E-state index contributed by atoms with van der Waals surface area (Å²) in [6.45, 7) is 3.99. The zero-order valence-corrected chi connectivity index (χ0v) is 10.8. The Morgan fingerprint density at radius 3 is 2.89 bits per heavy atom. The predicted octanol–water partition coefficient (Wildman–Crippen LogP) is 0.631. The third-order valence-corrected chi connectivity index (χ3v) is 2.75. The van der Waals surface area contributed by atoms with Gasteiger partial charge in [-0.15, -0.1) is 0 Å². The molecule has 2 rings (SSSR count). The largest absolute Gasteiger partial charge is 0.475 e. The van der Waals surface area contributed by atoms with Crippen molar-refractivity contribution in [2.75, 3.05) is 26.9 Å². The van der Waals surface area contributed by atoms with Crippen molar-refractivity contribution in [3.63, 3.8) is 0 Å². The molecule has 0 bridgehead atoms. The molecule has 0 amide bonds. The van der Waals surface area contributed by atoms with Crippen LogP contribution in [0.3, 0.4) is 0 Å². The first-order valence-corrected chi connectivity index (χ1v) is 6.11. The van der Waals surface area contributed by atoms with E-state index < -0.39 is 0 Å². The molecule has 6 nitrogen and oxygen atoms in total. The van der Waals surface area contributed by atoms with Crippen LogP contribution in [-0.2, 0) is 4.74 Å². The van der Waals surface area contributed by atoms with E-state index in [1.165, 1.54) is 6.33 Å². The fraction of sp³-hybridized carbons (Fsp3) is 0.667. The third-order valence-electron chi connectivity index (χ3n) is 2.75. The summed E-state index contributed by atoms with van der Waals surface area (Å²) in [4.78, 5) is 8.10.